The summed E-state index contributed by atoms with van der Waals surface area (Å²) in [4.78, 5) is 17.5. The minimum Gasteiger partial charge on any atom is -0.478 e. The fraction of sp³-hybridized carbons (Fsp3) is 0.538. The molecule has 0 atom stereocenters. The molecule has 0 bridgehead atoms. The lowest BCUT2D eigenvalue weighted by Gasteiger charge is -2.19. The summed E-state index contributed by atoms with van der Waals surface area (Å²) in [5, 5.41) is 12.2. The number of hydrogen-bond acceptors (Lipinski definition) is 4. The summed E-state index contributed by atoms with van der Waals surface area (Å²) in [6, 6.07) is 3.26. The first-order valence-electron chi connectivity index (χ1n) is 6.18. The molecule has 0 amide bonds. The van der Waals surface area contributed by atoms with Crippen LogP contribution in [0.5, 0.6) is 0 Å². The number of nitrogens with zero attached hydrogens (tertiary/aromatic N) is 2. The molecule has 5 nitrogen and oxygen atoms in total. The Hall–Kier alpha value is -1.62. The molecule has 0 saturated carbocycles. The zero-order chi connectivity index (χ0) is 13.5. The van der Waals surface area contributed by atoms with E-state index in [0.29, 0.717) is 5.56 Å². The van der Waals surface area contributed by atoms with Crippen LogP contribution in [0.2, 0.25) is 0 Å². The molecule has 1 aromatic heterocycles. The Balaban J connectivity index is 2.86. The fourth-order valence-corrected chi connectivity index (χ4v) is 1.68. The summed E-state index contributed by atoms with van der Waals surface area (Å²) >= 11 is 0. The molecule has 0 aliphatic carbocycles. The number of carboxylic acids is 1. The van der Waals surface area contributed by atoms with Gasteiger partial charge in [0.2, 0.25) is 0 Å². The van der Waals surface area contributed by atoms with Gasteiger partial charge in [0, 0.05) is 19.3 Å². The lowest BCUT2D eigenvalue weighted by molar-refractivity contribution is 0.0696. The topological polar surface area (TPSA) is 65.5 Å². The van der Waals surface area contributed by atoms with Crippen LogP contribution < -0.4 is 10.2 Å². The molecule has 1 rings (SSSR count). The molecular weight excluding hydrogens is 230 g/mol. The maximum atomic E-state index is 11.0. The van der Waals surface area contributed by atoms with Crippen molar-refractivity contribution in [2.45, 2.75) is 19.8 Å². The van der Waals surface area contributed by atoms with E-state index < -0.39 is 5.97 Å². The highest BCUT2D eigenvalue weighted by molar-refractivity contribution is 5.88. The summed E-state index contributed by atoms with van der Waals surface area (Å²) in [5.41, 5.74) is 1.11. The highest BCUT2D eigenvalue weighted by Gasteiger charge is 2.10. The Bertz CT molecular complexity index is 407. The molecule has 1 aromatic rings. The van der Waals surface area contributed by atoms with E-state index in [4.69, 9.17) is 5.11 Å². The third-order valence-electron chi connectivity index (χ3n) is 2.79. The van der Waals surface area contributed by atoms with Crippen LogP contribution in [0.25, 0.3) is 0 Å². The average Bonchev–Trinajstić information content (AvgIpc) is 2.38. The molecule has 0 radical (unpaired) electrons. The minimum absolute atomic E-state index is 0.303. The van der Waals surface area contributed by atoms with Crippen molar-refractivity contribution in [1.82, 2.24) is 10.3 Å². The maximum absolute atomic E-state index is 11.0. The van der Waals surface area contributed by atoms with Gasteiger partial charge in [0.15, 0.2) is 0 Å². The first-order chi connectivity index (χ1) is 8.58. The molecule has 2 N–H and O–H groups in total. The average molecular weight is 251 g/mol. The molecule has 0 spiro atoms. The first kappa shape index (κ1) is 14.4. The molecular formula is C13H21N3O2. The minimum atomic E-state index is -0.906. The Kier molecular flexibility index (Phi) is 5.58. The van der Waals surface area contributed by atoms with Gasteiger partial charge in [0.1, 0.15) is 5.82 Å². The van der Waals surface area contributed by atoms with Crippen LogP contribution in [0.3, 0.4) is 0 Å². The second-order valence-corrected chi connectivity index (χ2v) is 4.24. The van der Waals surface area contributed by atoms with Crippen molar-refractivity contribution in [2.24, 2.45) is 0 Å². The van der Waals surface area contributed by atoms with Crippen molar-refractivity contribution in [2.75, 3.05) is 32.1 Å². The molecule has 5 heteroatoms. The molecule has 18 heavy (non-hydrogen) atoms. The maximum Gasteiger partial charge on any atom is 0.335 e. The number of pyridine rings is 1. The van der Waals surface area contributed by atoms with Gasteiger partial charge in [-0.15, -0.1) is 0 Å². The highest BCUT2D eigenvalue weighted by Crippen LogP contribution is 2.15. The number of aromatic nitrogens is 1. The number of rotatable bonds is 7. The zero-order valence-electron chi connectivity index (χ0n) is 11.2. The van der Waals surface area contributed by atoms with Gasteiger partial charge < -0.3 is 15.3 Å². The standard InChI is InChI=1S/C13H21N3O2/c1-4-11-8-10(13(17)18)9-12(15-11)16(3)7-5-6-14-2/h8-9,14H,4-7H2,1-3H3,(H,17,18). The molecule has 0 aliphatic heterocycles. The van der Waals surface area contributed by atoms with Crippen molar-refractivity contribution >= 4 is 11.8 Å². The van der Waals surface area contributed by atoms with Crippen LogP contribution >= 0.6 is 0 Å². The highest BCUT2D eigenvalue weighted by atomic mass is 16.4. The predicted molar refractivity (Wildman–Crippen MR) is 72.4 cm³/mol. The summed E-state index contributed by atoms with van der Waals surface area (Å²) in [6.45, 7) is 3.75. The van der Waals surface area contributed by atoms with E-state index in [1.807, 2.05) is 25.9 Å². The van der Waals surface area contributed by atoms with E-state index >= 15 is 0 Å². The Labute approximate surface area is 108 Å². The Morgan fingerprint density at radius 3 is 2.78 bits per heavy atom. The summed E-state index contributed by atoms with van der Waals surface area (Å²) in [5.74, 6) is -0.181. The van der Waals surface area contributed by atoms with Crippen LogP contribution in [0.1, 0.15) is 29.4 Å². The zero-order valence-corrected chi connectivity index (χ0v) is 11.2. The molecule has 100 valence electrons. The van der Waals surface area contributed by atoms with Crippen molar-refractivity contribution in [3.8, 4) is 0 Å². The van der Waals surface area contributed by atoms with Gasteiger partial charge >= 0.3 is 5.97 Å². The fourth-order valence-electron chi connectivity index (χ4n) is 1.68. The van der Waals surface area contributed by atoms with E-state index in [-0.39, 0.29) is 0 Å². The Morgan fingerprint density at radius 2 is 2.22 bits per heavy atom. The Morgan fingerprint density at radius 1 is 1.50 bits per heavy atom. The van der Waals surface area contributed by atoms with Gasteiger partial charge in [-0.05, 0) is 38.6 Å². The molecule has 0 unspecified atom stereocenters. The second-order valence-electron chi connectivity index (χ2n) is 4.24. The van der Waals surface area contributed by atoms with Crippen LogP contribution in [0.15, 0.2) is 12.1 Å². The predicted octanol–water partition coefficient (Wildman–Crippen LogP) is 1.39. The number of nitrogens with one attached hydrogen (secondary N) is 1. The third kappa shape index (κ3) is 4.00. The number of carboxylic acid groups (broad SMARTS) is 1. The van der Waals surface area contributed by atoms with Gasteiger partial charge in [-0.25, -0.2) is 9.78 Å². The normalized spacial score (nSPS) is 10.4. The van der Waals surface area contributed by atoms with Crippen LogP contribution in [0.4, 0.5) is 5.82 Å². The SMILES string of the molecule is CCc1cc(C(=O)O)cc(N(C)CCCNC)n1. The molecule has 0 aliphatic rings. The van der Waals surface area contributed by atoms with Crippen molar-refractivity contribution < 1.29 is 9.90 Å². The number of anilines is 1. The van der Waals surface area contributed by atoms with Crippen molar-refractivity contribution in [3.63, 3.8) is 0 Å². The lowest BCUT2D eigenvalue weighted by atomic mass is 10.2. The summed E-state index contributed by atoms with van der Waals surface area (Å²) in [6.07, 6.45) is 1.73. The molecule has 1 heterocycles. The molecule has 0 saturated heterocycles. The van der Waals surface area contributed by atoms with E-state index in [1.54, 1.807) is 12.1 Å². The van der Waals surface area contributed by atoms with Gasteiger partial charge in [-0.3, -0.25) is 0 Å². The van der Waals surface area contributed by atoms with Gasteiger partial charge in [-0.2, -0.15) is 0 Å². The second kappa shape index (κ2) is 6.96. The van der Waals surface area contributed by atoms with E-state index in [1.165, 1.54) is 0 Å². The summed E-state index contributed by atoms with van der Waals surface area (Å²) < 4.78 is 0. The third-order valence-corrected chi connectivity index (χ3v) is 2.79. The monoisotopic (exact) mass is 251 g/mol. The quantitative estimate of drug-likeness (QED) is 0.717. The first-order valence-corrected chi connectivity index (χ1v) is 6.18. The largest absolute Gasteiger partial charge is 0.478 e. The smallest absolute Gasteiger partial charge is 0.335 e. The number of hydrogen-bond donors (Lipinski definition) is 2. The van der Waals surface area contributed by atoms with E-state index in [2.05, 4.69) is 10.3 Å². The van der Waals surface area contributed by atoms with Crippen molar-refractivity contribution in [3.05, 3.63) is 23.4 Å². The number of carbonyl (C=O) groups is 1. The van der Waals surface area contributed by atoms with Crippen LogP contribution in [-0.2, 0) is 6.42 Å². The number of aromatic carboxylic acids is 1. The molecule has 0 aromatic carbocycles. The van der Waals surface area contributed by atoms with E-state index in [0.717, 1.165) is 37.4 Å². The van der Waals surface area contributed by atoms with Crippen molar-refractivity contribution in [1.29, 1.82) is 0 Å². The summed E-state index contributed by atoms with van der Waals surface area (Å²) in [7, 11) is 3.85. The van der Waals surface area contributed by atoms with Crippen LogP contribution in [0, 0.1) is 0 Å². The van der Waals surface area contributed by atoms with Gasteiger partial charge in [0.05, 0.1) is 5.56 Å². The molecule has 0 fully saturated rings. The lowest BCUT2D eigenvalue weighted by Crippen LogP contribution is -2.23. The van der Waals surface area contributed by atoms with Gasteiger partial charge in [0.25, 0.3) is 0 Å². The van der Waals surface area contributed by atoms with E-state index in [9.17, 15) is 4.79 Å². The number of aryl methyl sites for hydroxylation is 1. The van der Waals surface area contributed by atoms with Crippen LogP contribution in [-0.4, -0.2) is 43.2 Å². The van der Waals surface area contributed by atoms with Gasteiger partial charge in [-0.1, -0.05) is 6.92 Å².